The van der Waals surface area contributed by atoms with E-state index in [-0.39, 0.29) is 17.3 Å². The topological polar surface area (TPSA) is 47.0 Å². The Morgan fingerprint density at radius 2 is 2.05 bits per heavy atom. The van der Waals surface area contributed by atoms with Gasteiger partial charge in [0.15, 0.2) is 11.5 Å². The molecule has 0 aromatic carbocycles. The molecular weight excluding hydrogens is 271 g/mol. The fraction of sp³-hybridized carbons (Fsp3) is 0.692. The molecule has 0 radical (unpaired) electrons. The zero-order valence-electron chi connectivity index (χ0n) is 11.1. The van der Waals surface area contributed by atoms with Crippen molar-refractivity contribution in [2.24, 2.45) is 5.92 Å². The van der Waals surface area contributed by atoms with Crippen molar-refractivity contribution in [3.8, 4) is 0 Å². The van der Waals surface area contributed by atoms with Gasteiger partial charge in [-0.1, -0.05) is 0 Å². The van der Waals surface area contributed by atoms with Gasteiger partial charge < -0.3 is 10.1 Å². The van der Waals surface area contributed by atoms with Crippen LogP contribution in [0.4, 0.5) is 13.2 Å². The van der Waals surface area contributed by atoms with Crippen LogP contribution in [0.3, 0.4) is 0 Å². The molecule has 7 heteroatoms. The maximum atomic E-state index is 13.2. The Kier molecular flexibility index (Phi) is 3.41. The van der Waals surface area contributed by atoms with Gasteiger partial charge in [0, 0.05) is 19.2 Å². The molecule has 20 heavy (non-hydrogen) atoms. The van der Waals surface area contributed by atoms with Crippen LogP contribution in [0.25, 0.3) is 0 Å². The minimum absolute atomic E-state index is 0.171. The molecule has 1 aromatic heterocycles. The normalized spacial score (nSPS) is 20.6. The SMILES string of the molecule is COC(c1nc2c(c(C(F)(F)F)n1)CCNC2)C1CC1. The number of methoxy groups -OCH3 is 1. The van der Waals surface area contributed by atoms with Gasteiger partial charge in [-0.25, -0.2) is 9.97 Å². The van der Waals surface area contributed by atoms with E-state index in [1.54, 1.807) is 0 Å². The van der Waals surface area contributed by atoms with Gasteiger partial charge in [-0.2, -0.15) is 13.2 Å². The molecule has 1 fully saturated rings. The van der Waals surface area contributed by atoms with Crippen molar-refractivity contribution in [3.05, 3.63) is 22.8 Å². The molecule has 2 heterocycles. The van der Waals surface area contributed by atoms with Crippen molar-refractivity contribution in [1.29, 1.82) is 0 Å². The van der Waals surface area contributed by atoms with Crippen LogP contribution in [0.1, 0.15) is 41.7 Å². The Balaban J connectivity index is 2.07. The van der Waals surface area contributed by atoms with E-state index in [1.807, 2.05) is 0 Å². The fourth-order valence-electron chi connectivity index (χ4n) is 2.65. The van der Waals surface area contributed by atoms with E-state index >= 15 is 0 Å². The third kappa shape index (κ3) is 2.52. The molecule has 1 saturated carbocycles. The molecule has 110 valence electrons. The lowest BCUT2D eigenvalue weighted by Gasteiger charge is -2.23. The molecule has 3 rings (SSSR count). The van der Waals surface area contributed by atoms with Crippen LogP contribution >= 0.6 is 0 Å². The average Bonchev–Trinajstić information content (AvgIpc) is 3.22. The summed E-state index contributed by atoms with van der Waals surface area (Å²) in [4.78, 5) is 8.12. The van der Waals surface area contributed by atoms with Crippen molar-refractivity contribution in [1.82, 2.24) is 15.3 Å². The summed E-state index contributed by atoms with van der Waals surface area (Å²) < 4.78 is 44.9. The molecule has 1 aliphatic carbocycles. The van der Waals surface area contributed by atoms with Crippen LogP contribution in [0, 0.1) is 5.92 Å². The number of ether oxygens (including phenoxy) is 1. The maximum absolute atomic E-state index is 13.2. The van der Waals surface area contributed by atoms with Crippen molar-refractivity contribution >= 4 is 0 Å². The van der Waals surface area contributed by atoms with E-state index in [0.717, 1.165) is 12.8 Å². The highest BCUT2D eigenvalue weighted by molar-refractivity contribution is 5.31. The number of hydrogen-bond donors (Lipinski definition) is 1. The summed E-state index contributed by atoms with van der Waals surface area (Å²) in [6.45, 7) is 0.879. The highest BCUT2D eigenvalue weighted by atomic mass is 19.4. The lowest BCUT2D eigenvalue weighted by atomic mass is 10.0. The Labute approximate surface area is 114 Å². The minimum Gasteiger partial charge on any atom is -0.373 e. The van der Waals surface area contributed by atoms with Gasteiger partial charge >= 0.3 is 6.18 Å². The van der Waals surface area contributed by atoms with E-state index < -0.39 is 18.0 Å². The number of alkyl halides is 3. The van der Waals surface area contributed by atoms with E-state index in [9.17, 15) is 13.2 Å². The number of rotatable bonds is 3. The molecule has 0 amide bonds. The van der Waals surface area contributed by atoms with Gasteiger partial charge in [0.1, 0.15) is 6.10 Å². The molecule has 1 aromatic rings. The van der Waals surface area contributed by atoms with Crippen LogP contribution in [0.5, 0.6) is 0 Å². The van der Waals surface area contributed by atoms with E-state index in [2.05, 4.69) is 15.3 Å². The smallest absolute Gasteiger partial charge is 0.373 e. The predicted molar refractivity (Wildman–Crippen MR) is 64.9 cm³/mol. The van der Waals surface area contributed by atoms with Gasteiger partial charge in [-0.15, -0.1) is 0 Å². The summed E-state index contributed by atoms with van der Waals surface area (Å²) in [6.07, 6.45) is -2.65. The van der Waals surface area contributed by atoms with Crippen molar-refractivity contribution in [3.63, 3.8) is 0 Å². The molecule has 0 bridgehead atoms. The molecule has 1 unspecified atom stereocenters. The lowest BCUT2D eigenvalue weighted by molar-refractivity contribution is -0.142. The molecule has 0 spiro atoms. The van der Waals surface area contributed by atoms with Gasteiger partial charge in [0.2, 0.25) is 0 Å². The molecule has 2 aliphatic rings. The second-order valence-corrected chi connectivity index (χ2v) is 5.27. The van der Waals surface area contributed by atoms with E-state index in [1.165, 1.54) is 7.11 Å². The van der Waals surface area contributed by atoms with Crippen LogP contribution in [0.15, 0.2) is 0 Å². The Hall–Kier alpha value is -1.21. The molecule has 1 N–H and O–H groups in total. The molecule has 0 saturated heterocycles. The highest BCUT2D eigenvalue weighted by Crippen LogP contribution is 2.43. The number of nitrogens with one attached hydrogen (secondary N) is 1. The third-order valence-electron chi connectivity index (χ3n) is 3.78. The number of hydrogen-bond acceptors (Lipinski definition) is 4. The van der Waals surface area contributed by atoms with Crippen molar-refractivity contribution < 1.29 is 17.9 Å². The molecule has 4 nitrogen and oxygen atoms in total. The summed E-state index contributed by atoms with van der Waals surface area (Å²) in [5, 5.41) is 3.05. The summed E-state index contributed by atoms with van der Waals surface area (Å²) in [5.41, 5.74) is -0.108. The van der Waals surface area contributed by atoms with Gasteiger partial charge in [0.05, 0.1) is 5.69 Å². The van der Waals surface area contributed by atoms with Crippen LogP contribution < -0.4 is 5.32 Å². The van der Waals surface area contributed by atoms with Crippen LogP contribution in [-0.2, 0) is 23.9 Å². The molecule has 1 aliphatic heterocycles. The average molecular weight is 287 g/mol. The van der Waals surface area contributed by atoms with E-state index in [4.69, 9.17) is 4.74 Å². The van der Waals surface area contributed by atoms with Crippen molar-refractivity contribution in [2.75, 3.05) is 13.7 Å². The summed E-state index contributed by atoms with van der Waals surface area (Å²) >= 11 is 0. The van der Waals surface area contributed by atoms with Crippen LogP contribution in [-0.4, -0.2) is 23.6 Å². The number of nitrogens with zero attached hydrogens (tertiary/aromatic N) is 2. The first kappa shape index (κ1) is 13.8. The monoisotopic (exact) mass is 287 g/mol. The number of halogens is 3. The maximum Gasteiger partial charge on any atom is 0.433 e. The third-order valence-corrected chi connectivity index (χ3v) is 3.78. The Bertz CT molecular complexity index is 514. The van der Waals surface area contributed by atoms with Crippen LogP contribution in [0.2, 0.25) is 0 Å². The zero-order valence-corrected chi connectivity index (χ0v) is 11.1. The Morgan fingerprint density at radius 1 is 1.30 bits per heavy atom. The molecule has 1 atom stereocenters. The second-order valence-electron chi connectivity index (χ2n) is 5.27. The summed E-state index contributed by atoms with van der Waals surface area (Å²) in [7, 11) is 1.50. The lowest BCUT2D eigenvalue weighted by Crippen LogP contribution is -2.30. The second kappa shape index (κ2) is 4.96. The number of aromatic nitrogens is 2. The van der Waals surface area contributed by atoms with Crippen molar-refractivity contribution in [2.45, 2.75) is 38.1 Å². The first-order valence-electron chi connectivity index (χ1n) is 6.71. The first-order chi connectivity index (χ1) is 9.50. The van der Waals surface area contributed by atoms with Gasteiger partial charge in [0.25, 0.3) is 0 Å². The van der Waals surface area contributed by atoms with E-state index in [0.29, 0.717) is 25.2 Å². The summed E-state index contributed by atoms with van der Waals surface area (Å²) in [5.74, 6) is 0.417. The standard InChI is InChI=1S/C13H16F3N3O/c1-20-10(7-2-3-7)12-18-9-6-17-5-4-8(9)11(19-12)13(14,15)16/h7,10,17H,2-6H2,1H3. The quantitative estimate of drug-likeness (QED) is 0.926. The predicted octanol–water partition coefficient (Wildman–Crippen LogP) is 2.24. The zero-order chi connectivity index (χ0) is 14.3. The number of fused-ring (bicyclic) bond motifs is 1. The molecular formula is C13H16F3N3O. The minimum atomic E-state index is -4.44. The summed E-state index contributed by atoms with van der Waals surface area (Å²) in [6, 6.07) is 0. The van der Waals surface area contributed by atoms with Gasteiger partial charge in [-0.05, 0) is 31.7 Å². The first-order valence-corrected chi connectivity index (χ1v) is 6.71. The highest BCUT2D eigenvalue weighted by Gasteiger charge is 2.41. The largest absolute Gasteiger partial charge is 0.433 e. The fourth-order valence-corrected chi connectivity index (χ4v) is 2.65. The van der Waals surface area contributed by atoms with Gasteiger partial charge in [-0.3, -0.25) is 0 Å². The Morgan fingerprint density at radius 3 is 2.65 bits per heavy atom.